The van der Waals surface area contributed by atoms with E-state index in [1.54, 1.807) is 14.2 Å². The van der Waals surface area contributed by atoms with Gasteiger partial charge in [-0.05, 0) is 26.1 Å². The second-order valence-corrected chi connectivity index (χ2v) is 5.02. The molecule has 0 aromatic heterocycles. The van der Waals surface area contributed by atoms with Crippen molar-refractivity contribution in [3.05, 3.63) is 23.8 Å². The minimum atomic E-state index is 0.234. The Morgan fingerprint density at radius 3 is 2.69 bits per heavy atom. The Kier molecular flexibility index (Phi) is 5.89. The fourth-order valence-corrected chi connectivity index (χ4v) is 2.00. The molecule has 1 aromatic carbocycles. The first kappa shape index (κ1) is 13.6. The zero-order valence-corrected chi connectivity index (χ0v) is 11.4. The molecule has 0 N–H and O–H groups in total. The highest BCUT2D eigenvalue weighted by atomic mass is 35.7. The summed E-state index contributed by atoms with van der Waals surface area (Å²) in [6.07, 6.45) is 0. The van der Waals surface area contributed by atoms with Crippen molar-refractivity contribution in [2.45, 2.75) is 12.6 Å². The molecule has 1 rings (SSSR count). The lowest BCUT2D eigenvalue weighted by Crippen LogP contribution is -2.02. The van der Waals surface area contributed by atoms with Gasteiger partial charge in [-0.2, -0.15) is 0 Å². The monoisotopic (exact) mass is 262 g/mol. The lowest BCUT2D eigenvalue weighted by Gasteiger charge is -2.15. The van der Waals surface area contributed by atoms with Gasteiger partial charge in [-0.15, -0.1) is 0 Å². The van der Waals surface area contributed by atoms with E-state index in [-0.39, 0.29) is 12.5 Å². The average Bonchev–Trinajstić information content (AvgIpc) is 2.35. The van der Waals surface area contributed by atoms with Gasteiger partial charge < -0.3 is 14.2 Å². The Balaban J connectivity index is 2.96. The Morgan fingerprint density at radius 1 is 1.38 bits per heavy atom. The molecule has 0 aliphatic rings. The van der Waals surface area contributed by atoms with Crippen molar-refractivity contribution in [2.24, 2.45) is 0 Å². The van der Waals surface area contributed by atoms with Crippen LogP contribution in [0.1, 0.15) is 18.1 Å². The number of rotatable bonds is 6. The van der Waals surface area contributed by atoms with Gasteiger partial charge in [0.2, 0.25) is 0 Å². The first-order valence-electron chi connectivity index (χ1n) is 4.88. The van der Waals surface area contributed by atoms with Crippen LogP contribution in [0.2, 0.25) is 0 Å². The van der Waals surface area contributed by atoms with Crippen LogP contribution in [0.4, 0.5) is 0 Å². The molecule has 90 valence electrons. The number of hydrogen-bond acceptors (Lipinski definition) is 3. The maximum absolute atomic E-state index is 5.89. The van der Waals surface area contributed by atoms with Gasteiger partial charge >= 0.3 is 0 Å². The third-order valence-corrected chi connectivity index (χ3v) is 3.80. The zero-order valence-electron chi connectivity index (χ0n) is 9.62. The smallest absolute Gasteiger partial charge is 0.188 e. The SMILES string of the molecule is COCOc1ccc(OC)cc1C(C)PCl. The molecule has 0 saturated heterocycles. The van der Waals surface area contributed by atoms with E-state index in [0.717, 1.165) is 17.1 Å². The molecule has 3 nitrogen and oxygen atoms in total. The van der Waals surface area contributed by atoms with Crippen LogP contribution >= 0.6 is 19.2 Å². The van der Waals surface area contributed by atoms with Crippen LogP contribution in [0.15, 0.2) is 18.2 Å². The third-order valence-electron chi connectivity index (χ3n) is 2.18. The van der Waals surface area contributed by atoms with E-state index in [1.165, 1.54) is 0 Å². The minimum absolute atomic E-state index is 0.234. The topological polar surface area (TPSA) is 27.7 Å². The third kappa shape index (κ3) is 3.51. The summed E-state index contributed by atoms with van der Waals surface area (Å²) in [5, 5.41) is 0. The lowest BCUT2D eigenvalue weighted by atomic mass is 10.1. The molecule has 0 fully saturated rings. The molecule has 0 aliphatic heterocycles. The molecule has 0 spiro atoms. The fourth-order valence-electron chi connectivity index (χ4n) is 1.30. The lowest BCUT2D eigenvalue weighted by molar-refractivity contribution is 0.0504. The summed E-state index contributed by atoms with van der Waals surface area (Å²) in [5.41, 5.74) is 1.29. The molecule has 0 saturated carbocycles. The number of ether oxygens (including phenoxy) is 3. The molecule has 16 heavy (non-hydrogen) atoms. The van der Waals surface area contributed by atoms with Gasteiger partial charge in [0.15, 0.2) is 6.79 Å². The summed E-state index contributed by atoms with van der Waals surface area (Å²) in [7, 11) is 3.54. The molecule has 0 radical (unpaired) electrons. The van der Waals surface area contributed by atoms with Gasteiger partial charge in [0, 0.05) is 18.3 Å². The summed E-state index contributed by atoms with van der Waals surface area (Å²) >= 11 is 5.89. The van der Waals surface area contributed by atoms with Crippen LogP contribution in [0.3, 0.4) is 0 Å². The fraction of sp³-hybridized carbons (Fsp3) is 0.455. The highest BCUT2D eigenvalue weighted by Crippen LogP contribution is 2.42. The molecule has 2 atom stereocenters. The predicted molar refractivity (Wildman–Crippen MR) is 68.1 cm³/mol. The summed E-state index contributed by atoms with van der Waals surface area (Å²) in [5.74, 6) is 1.60. The molecule has 0 bridgehead atoms. The molecular weight excluding hydrogens is 247 g/mol. The van der Waals surface area contributed by atoms with Gasteiger partial charge in [0.05, 0.1) is 7.11 Å². The highest BCUT2D eigenvalue weighted by Gasteiger charge is 2.12. The number of benzene rings is 1. The van der Waals surface area contributed by atoms with Crippen molar-refractivity contribution in [3.63, 3.8) is 0 Å². The molecule has 0 amide bonds. The molecule has 2 unspecified atom stereocenters. The maximum atomic E-state index is 5.89. The quantitative estimate of drug-likeness (QED) is 0.579. The largest absolute Gasteiger partial charge is 0.497 e. The van der Waals surface area contributed by atoms with Crippen molar-refractivity contribution < 1.29 is 14.2 Å². The number of hydrogen-bond donors (Lipinski definition) is 0. The van der Waals surface area contributed by atoms with Crippen LogP contribution in [-0.4, -0.2) is 21.0 Å². The Hall–Kier alpha value is -0.500. The van der Waals surface area contributed by atoms with Crippen molar-refractivity contribution in [2.75, 3.05) is 21.0 Å². The zero-order chi connectivity index (χ0) is 12.0. The number of methoxy groups -OCH3 is 2. The molecule has 0 aliphatic carbocycles. The van der Waals surface area contributed by atoms with E-state index < -0.39 is 0 Å². The number of halogens is 1. The highest BCUT2D eigenvalue weighted by molar-refractivity contribution is 7.68. The Labute approximate surface area is 103 Å². The van der Waals surface area contributed by atoms with E-state index in [0.29, 0.717) is 7.93 Å². The Bertz CT molecular complexity index is 333. The summed E-state index contributed by atoms with van der Waals surface area (Å²) in [6, 6.07) is 5.68. The Morgan fingerprint density at radius 2 is 2.12 bits per heavy atom. The second kappa shape index (κ2) is 6.95. The first-order chi connectivity index (χ1) is 7.72. The van der Waals surface area contributed by atoms with E-state index >= 15 is 0 Å². The summed E-state index contributed by atoms with van der Waals surface area (Å²) in [6.45, 7) is 2.29. The van der Waals surface area contributed by atoms with Crippen LogP contribution in [-0.2, 0) is 4.74 Å². The summed E-state index contributed by atoms with van der Waals surface area (Å²) in [4.78, 5) is 0. The van der Waals surface area contributed by atoms with Gasteiger partial charge in [-0.1, -0.05) is 18.2 Å². The first-order valence-corrected chi connectivity index (χ1v) is 6.97. The molecule has 5 heteroatoms. The minimum Gasteiger partial charge on any atom is -0.497 e. The van der Waals surface area contributed by atoms with Crippen LogP contribution in [0.25, 0.3) is 0 Å². The summed E-state index contributed by atoms with van der Waals surface area (Å²) < 4.78 is 15.5. The van der Waals surface area contributed by atoms with Crippen LogP contribution in [0, 0.1) is 0 Å². The molecular formula is C11H16ClO3P. The van der Waals surface area contributed by atoms with Gasteiger partial charge in [0.25, 0.3) is 0 Å². The van der Waals surface area contributed by atoms with Gasteiger partial charge in [-0.3, -0.25) is 0 Å². The van der Waals surface area contributed by atoms with E-state index in [4.69, 9.17) is 25.5 Å². The van der Waals surface area contributed by atoms with Crippen molar-refractivity contribution in [1.29, 1.82) is 0 Å². The molecule has 1 aromatic rings. The predicted octanol–water partition coefficient (Wildman–Crippen LogP) is 3.57. The molecule has 0 heterocycles. The van der Waals surface area contributed by atoms with Crippen LogP contribution < -0.4 is 9.47 Å². The second-order valence-electron chi connectivity index (χ2n) is 3.29. The normalized spacial score (nSPS) is 13.0. The van der Waals surface area contributed by atoms with E-state index in [9.17, 15) is 0 Å². The van der Waals surface area contributed by atoms with Crippen molar-refractivity contribution >= 4 is 19.2 Å². The maximum Gasteiger partial charge on any atom is 0.188 e. The van der Waals surface area contributed by atoms with Crippen molar-refractivity contribution in [1.82, 2.24) is 0 Å². The van der Waals surface area contributed by atoms with Gasteiger partial charge in [-0.25, -0.2) is 0 Å². The average molecular weight is 263 g/mol. The van der Waals surface area contributed by atoms with E-state index in [1.807, 2.05) is 18.2 Å². The van der Waals surface area contributed by atoms with Gasteiger partial charge in [0.1, 0.15) is 11.5 Å². The van der Waals surface area contributed by atoms with E-state index in [2.05, 4.69) is 6.92 Å². The van der Waals surface area contributed by atoms with Crippen LogP contribution in [0.5, 0.6) is 11.5 Å². The standard InChI is InChI=1S/C11H16ClO3P/c1-8(16-12)10-6-9(14-3)4-5-11(10)15-7-13-2/h4-6,8,16H,7H2,1-3H3. The van der Waals surface area contributed by atoms with Crippen molar-refractivity contribution in [3.8, 4) is 11.5 Å².